The third kappa shape index (κ3) is 4.82. The van der Waals surface area contributed by atoms with Crippen molar-refractivity contribution >= 4 is 11.8 Å². The highest BCUT2D eigenvalue weighted by Crippen LogP contribution is 2.25. The van der Waals surface area contributed by atoms with E-state index < -0.39 is 6.04 Å². The van der Waals surface area contributed by atoms with E-state index in [1.54, 1.807) is 17.0 Å². The number of hydrogen-bond acceptors (Lipinski definition) is 4. The number of likely N-dealkylation sites (tertiary alicyclic amines) is 1. The number of ether oxygens (including phenoxy) is 1. The first-order valence-electron chi connectivity index (χ1n) is 11.1. The van der Waals surface area contributed by atoms with Crippen LogP contribution >= 0.6 is 0 Å². The van der Waals surface area contributed by atoms with Crippen molar-refractivity contribution in [1.29, 1.82) is 0 Å². The van der Waals surface area contributed by atoms with Crippen LogP contribution in [0.3, 0.4) is 0 Å². The Labute approximate surface area is 188 Å². The van der Waals surface area contributed by atoms with Gasteiger partial charge in [-0.2, -0.15) is 5.10 Å². The van der Waals surface area contributed by atoms with Gasteiger partial charge in [-0.25, -0.2) is 4.68 Å². The van der Waals surface area contributed by atoms with Gasteiger partial charge in [0.05, 0.1) is 23.6 Å². The van der Waals surface area contributed by atoms with Crippen molar-refractivity contribution in [2.45, 2.75) is 32.2 Å². The van der Waals surface area contributed by atoms with Crippen LogP contribution in [0.25, 0.3) is 5.69 Å². The average molecular weight is 433 g/mol. The van der Waals surface area contributed by atoms with Crippen LogP contribution in [0.2, 0.25) is 0 Å². The van der Waals surface area contributed by atoms with Gasteiger partial charge in [0.15, 0.2) is 0 Å². The number of nitrogens with zero attached hydrogens (tertiary/aromatic N) is 3. The molecule has 7 heteroatoms. The Kier molecular flexibility index (Phi) is 6.84. The van der Waals surface area contributed by atoms with Crippen molar-refractivity contribution in [3.63, 3.8) is 0 Å². The average Bonchev–Trinajstić information content (AvgIpc) is 3.50. The first kappa shape index (κ1) is 21.6. The normalized spacial score (nSPS) is 15.5. The zero-order valence-electron chi connectivity index (χ0n) is 18.2. The molecule has 1 unspecified atom stereocenters. The van der Waals surface area contributed by atoms with Gasteiger partial charge in [-0.15, -0.1) is 0 Å². The molecule has 3 aromatic rings. The number of para-hydroxylation sites is 2. The van der Waals surface area contributed by atoms with Crippen molar-refractivity contribution in [3.05, 3.63) is 78.1 Å². The molecule has 0 bridgehead atoms. The van der Waals surface area contributed by atoms with E-state index in [2.05, 4.69) is 10.4 Å². The SMILES string of the molecule is CCOc1ccccc1C(=O)N1CCCC1C(=O)NCCc1ccn(-c2ccccc2)n1. The lowest BCUT2D eigenvalue weighted by atomic mass is 10.1. The minimum atomic E-state index is -0.459. The smallest absolute Gasteiger partial charge is 0.258 e. The third-order valence-electron chi connectivity index (χ3n) is 5.58. The van der Waals surface area contributed by atoms with Gasteiger partial charge in [-0.05, 0) is 50.1 Å². The molecule has 1 aliphatic heterocycles. The fourth-order valence-corrected chi connectivity index (χ4v) is 4.01. The van der Waals surface area contributed by atoms with Crippen LogP contribution in [0.4, 0.5) is 0 Å². The summed E-state index contributed by atoms with van der Waals surface area (Å²) in [6.45, 7) is 3.40. The maximum atomic E-state index is 13.1. The van der Waals surface area contributed by atoms with Gasteiger partial charge >= 0.3 is 0 Å². The van der Waals surface area contributed by atoms with Gasteiger partial charge < -0.3 is 15.0 Å². The maximum Gasteiger partial charge on any atom is 0.258 e. The highest BCUT2D eigenvalue weighted by Gasteiger charge is 2.35. The van der Waals surface area contributed by atoms with Gasteiger partial charge in [0.2, 0.25) is 5.91 Å². The molecule has 1 N–H and O–H groups in total. The predicted molar refractivity (Wildman–Crippen MR) is 122 cm³/mol. The van der Waals surface area contributed by atoms with E-state index in [0.29, 0.717) is 43.9 Å². The van der Waals surface area contributed by atoms with E-state index in [4.69, 9.17) is 4.74 Å². The van der Waals surface area contributed by atoms with Crippen LogP contribution in [0, 0.1) is 0 Å². The maximum absolute atomic E-state index is 13.1. The minimum Gasteiger partial charge on any atom is -0.493 e. The number of carbonyl (C=O) groups excluding carboxylic acids is 2. The molecule has 1 aromatic heterocycles. The molecule has 1 atom stereocenters. The summed E-state index contributed by atoms with van der Waals surface area (Å²) in [6.07, 6.45) is 4.01. The number of hydrogen-bond donors (Lipinski definition) is 1. The molecule has 32 heavy (non-hydrogen) atoms. The second-order valence-corrected chi connectivity index (χ2v) is 7.71. The second kappa shape index (κ2) is 10.1. The fraction of sp³-hybridized carbons (Fsp3) is 0.320. The number of benzene rings is 2. The quantitative estimate of drug-likeness (QED) is 0.593. The molecule has 4 rings (SSSR count). The summed E-state index contributed by atoms with van der Waals surface area (Å²) in [5.41, 5.74) is 2.40. The van der Waals surface area contributed by atoms with Crippen molar-refractivity contribution in [2.24, 2.45) is 0 Å². The van der Waals surface area contributed by atoms with E-state index >= 15 is 0 Å². The Morgan fingerprint density at radius 2 is 1.88 bits per heavy atom. The summed E-state index contributed by atoms with van der Waals surface area (Å²) < 4.78 is 7.43. The predicted octanol–water partition coefficient (Wildman–Crippen LogP) is 3.23. The Bertz CT molecular complexity index is 1060. The Hall–Kier alpha value is -3.61. The number of amides is 2. The largest absolute Gasteiger partial charge is 0.493 e. The van der Waals surface area contributed by atoms with Crippen LogP contribution < -0.4 is 10.1 Å². The van der Waals surface area contributed by atoms with Gasteiger partial charge in [0, 0.05) is 25.7 Å². The Morgan fingerprint density at radius 1 is 1.09 bits per heavy atom. The summed E-state index contributed by atoms with van der Waals surface area (Å²) >= 11 is 0. The van der Waals surface area contributed by atoms with Crippen LogP contribution in [0.5, 0.6) is 5.75 Å². The molecule has 0 aliphatic carbocycles. The van der Waals surface area contributed by atoms with Crippen LogP contribution in [0.15, 0.2) is 66.9 Å². The van der Waals surface area contributed by atoms with E-state index in [9.17, 15) is 9.59 Å². The van der Waals surface area contributed by atoms with E-state index in [-0.39, 0.29) is 11.8 Å². The molecule has 0 spiro atoms. The molecule has 1 saturated heterocycles. The lowest BCUT2D eigenvalue weighted by molar-refractivity contribution is -0.124. The van der Waals surface area contributed by atoms with Crippen molar-refractivity contribution in [1.82, 2.24) is 20.0 Å². The van der Waals surface area contributed by atoms with Gasteiger partial charge in [0.25, 0.3) is 5.91 Å². The van der Waals surface area contributed by atoms with Crippen molar-refractivity contribution in [3.8, 4) is 11.4 Å². The first-order chi connectivity index (χ1) is 15.7. The van der Waals surface area contributed by atoms with E-state index in [0.717, 1.165) is 17.8 Å². The van der Waals surface area contributed by atoms with Crippen LogP contribution in [0.1, 0.15) is 35.8 Å². The van der Waals surface area contributed by atoms with Crippen molar-refractivity contribution < 1.29 is 14.3 Å². The molecule has 166 valence electrons. The minimum absolute atomic E-state index is 0.118. The number of rotatable bonds is 8. The van der Waals surface area contributed by atoms with E-state index in [1.165, 1.54) is 0 Å². The van der Waals surface area contributed by atoms with Crippen molar-refractivity contribution in [2.75, 3.05) is 19.7 Å². The number of aromatic nitrogens is 2. The molecule has 0 radical (unpaired) electrons. The van der Waals surface area contributed by atoms with Crippen LogP contribution in [-0.4, -0.2) is 52.2 Å². The van der Waals surface area contributed by atoms with Gasteiger partial charge in [0.1, 0.15) is 11.8 Å². The van der Waals surface area contributed by atoms with Gasteiger partial charge in [-0.1, -0.05) is 30.3 Å². The monoisotopic (exact) mass is 432 g/mol. The lowest BCUT2D eigenvalue weighted by Gasteiger charge is -2.25. The summed E-state index contributed by atoms with van der Waals surface area (Å²) in [5, 5.41) is 7.56. The Morgan fingerprint density at radius 3 is 2.69 bits per heavy atom. The lowest BCUT2D eigenvalue weighted by Crippen LogP contribution is -2.46. The number of carbonyl (C=O) groups is 2. The molecular formula is C25H28N4O3. The second-order valence-electron chi connectivity index (χ2n) is 7.71. The molecule has 2 aromatic carbocycles. The zero-order valence-corrected chi connectivity index (χ0v) is 18.2. The fourth-order valence-electron chi connectivity index (χ4n) is 4.01. The summed E-state index contributed by atoms with van der Waals surface area (Å²) in [6, 6.07) is 18.6. The summed E-state index contributed by atoms with van der Waals surface area (Å²) in [4.78, 5) is 27.7. The summed E-state index contributed by atoms with van der Waals surface area (Å²) in [7, 11) is 0. The zero-order chi connectivity index (χ0) is 22.3. The molecular weight excluding hydrogens is 404 g/mol. The van der Waals surface area contributed by atoms with E-state index in [1.807, 2.05) is 66.3 Å². The molecule has 1 fully saturated rings. The highest BCUT2D eigenvalue weighted by atomic mass is 16.5. The number of nitrogens with one attached hydrogen (secondary N) is 1. The van der Waals surface area contributed by atoms with Crippen LogP contribution in [-0.2, 0) is 11.2 Å². The van der Waals surface area contributed by atoms with Gasteiger partial charge in [-0.3, -0.25) is 9.59 Å². The molecule has 1 aliphatic rings. The molecule has 0 saturated carbocycles. The highest BCUT2D eigenvalue weighted by molar-refractivity contribution is 6.00. The third-order valence-corrected chi connectivity index (χ3v) is 5.58. The molecule has 2 amide bonds. The Balaban J connectivity index is 1.34. The standard InChI is InChI=1S/C25H28N4O3/c1-2-32-23-13-7-6-11-21(23)25(31)28-17-8-12-22(28)24(30)26-16-14-19-15-18-29(27-19)20-9-4-3-5-10-20/h3-7,9-11,13,15,18,22H,2,8,12,14,16-17H2,1H3,(H,26,30). The molecule has 2 heterocycles. The molecule has 7 nitrogen and oxygen atoms in total. The summed E-state index contributed by atoms with van der Waals surface area (Å²) in [5.74, 6) is 0.278. The first-order valence-corrected chi connectivity index (χ1v) is 11.1. The topological polar surface area (TPSA) is 76.5 Å².